The van der Waals surface area contributed by atoms with Gasteiger partial charge in [0.1, 0.15) is 12.3 Å². The van der Waals surface area contributed by atoms with E-state index in [0.29, 0.717) is 6.29 Å². The van der Waals surface area contributed by atoms with Gasteiger partial charge in [-0.15, -0.1) is 0 Å². The topological polar surface area (TPSA) is 69.6 Å². The highest BCUT2D eigenvalue weighted by molar-refractivity contribution is 5.73. The number of anilines is 1. The van der Waals surface area contributed by atoms with Gasteiger partial charge in [-0.2, -0.15) is 0 Å². The molecule has 0 aliphatic heterocycles. The maximum atomic E-state index is 11.4. The van der Waals surface area contributed by atoms with Crippen molar-refractivity contribution in [2.24, 2.45) is 0 Å². The van der Waals surface area contributed by atoms with E-state index in [4.69, 9.17) is 5.11 Å². The normalized spacial score (nSPS) is 13.0. The van der Waals surface area contributed by atoms with Crippen molar-refractivity contribution < 1.29 is 14.7 Å². The van der Waals surface area contributed by atoms with Crippen molar-refractivity contribution in [2.45, 2.75) is 12.1 Å². The Labute approximate surface area is 129 Å². The minimum atomic E-state index is -1.22. The Bertz CT molecular complexity index is 616. The maximum absolute atomic E-state index is 11.4. The number of carbonyl (C=O) groups is 2. The number of amides is 1. The fourth-order valence-corrected chi connectivity index (χ4v) is 2.48. The van der Waals surface area contributed by atoms with E-state index in [0.717, 1.165) is 11.3 Å². The number of carboxylic acid groups (broad SMARTS) is 1. The lowest BCUT2D eigenvalue weighted by molar-refractivity contribution is -0.109. The van der Waals surface area contributed by atoms with Crippen LogP contribution >= 0.6 is 0 Å². The first-order chi connectivity index (χ1) is 10.6. The fourth-order valence-electron chi connectivity index (χ4n) is 2.48. The average molecular weight is 298 g/mol. The molecule has 0 saturated heterocycles. The highest BCUT2D eigenvalue weighted by Gasteiger charge is 2.28. The molecular formula is C17H18N2O3. The summed E-state index contributed by atoms with van der Waals surface area (Å²) in [5.74, 6) is 0. The number of likely N-dealkylation sites (N-methyl/N-ethyl adjacent to an activating group) is 1. The van der Waals surface area contributed by atoms with Gasteiger partial charge in [-0.25, -0.2) is 4.79 Å². The van der Waals surface area contributed by atoms with Crippen LogP contribution in [-0.2, 0) is 4.79 Å². The highest BCUT2D eigenvalue weighted by atomic mass is 16.4. The molecule has 0 radical (unpaired) electrons. The van der Waals surface area contributed by atoms with E-state index in [-0.39, 0.29) is 0 Å². The molecule has 2 aromatic carbocycles. The van der Waals surface area contributed by atoms with Gasteiger partial charge in [0, 0.05) is 12.7 Å². The number of benzene rings is 2. The SMILES string of the molecule is CN(c1ccccc1)C(c1ccccc1)C(C=O)NC(=O)O. The maximum Gasteiger partial charge on any atom is 0.405 e. The van der Waals surface area contributed by atoms with Gasteiger partial charge in [-0.05, 0) is 17.7 Å². The highest BCUT2D eigenvalue weighted by Crippen LogP contribution is 2.27. The van der Waals surface area contributed by atoms with Crippen LogP contribution in [0, 0.1) is 0 Å². The lowest BCUT2D eigenvalue weighted by Crippen LogP contribution is -2.46. The summed E-state index contributed by atoms with van der Waals surface area (Å²) >= 11 is 0. The molecule has 0 bridgehead atoms. The zero-order chi connectivity index (χ0) is 15.9. The number of hydrogen-bond donors (Lipinski definition) is 2. The van der Waals surface area contributed by atoms with E-state index >= 15 is 0 Å². The van der Waals surface area contributed by atoms with Crippen LogP contribution in [0.25, 0.3) is 0 Å². The zero-order valence-corrected chi connectivity index (χ0v) is 12.2. The molecule has 22 heavy (non-hydrogen) atoms. The Hall–Kier alpha value is -2.82. The van der Waals surface area contributed by atoms with Gasteiger partial charge in [0.05, 0.1) is 6.04 Å². The predicted molar refractivity (Wildman–Crippen MR) is 85.0 cm³/mol. The summed E-state index contributed by atoms with van der Waals surface area (Å²) in [5, 5.41) is 11.3. The molecule has 2 N–H and O–H groups in total. The summed E-state index contributed by atoms with van der Waals surface area (Å²) in [5.41, 5.74) is 1.76. The molecule has 0 saturated carbocycles. The Morgan fingerprint density at radius 1 is 1.09 bits per heavy atom. The molecule has 114 valence electrons. The molecule has 2 aromatic rings. The average Bonchev–Trinajstić information content (AvgIpc) is 2.55. The van der Waals surface area contributed by atoms with Crippen LogP contribution < -0.4 is 10.2 Å². The Balaban J connectivity index is 2.41. The van der Waals surface area contributed by atoms with E-state index in [1.165, 1.54) is 0 Å². The molecule has 0 aliphatic carbocycles. The summed E-state index contributed by atoms with van der Waals surface area (Å²) in [6.07, 6.45) is -0.593. The second-order valence-corrected chi connectivity index (χ2v) is 4.91. The van der Waals surface area contributed by atoms with Gasteiger partial charge in [-0.3, -0.25) is 0 Å². The predicted octanol–water partition coefficient (Wildman–Crippen LogP) is 2.70. The number of carbonyl (C=O) groups excluding carboxylic acids is 1. The number of aldehydes is 1. The van der Waals surface area contributed by atoms with E-state index in [1.54, 1.807) is 0 Å². The molecule has 0 fully saturated rings. The Kier molecular flexibility index (Phi) is 5.14. The lowest BCUT2D eigenvalue weighted by atomic mass is 9.98. The first-order valence-corrected chi connectivity index (χ1v) is 6.91. The van der Waals surface area contributed by atoms with Crippen LogP contribution in [0.15, 0.2) is 60.7 Å². The van der Waals surface area contributed by atoms with Crippen molar-refractivity contribution in [1.82, 2.24) is 5.32 Å². The quantitative estimate of drug-likeness (QED) is 0.805. The van der Waals surface area contributed by atoms with E-state index in [9.17, 15) is 9.59 Å². The van der Waals surface area contributed by atoms with Crippen LogP contribution in [0.4, 0.5) is 10.5 Å². The van der Waals surface area contributed by atoms with Crippen LogP contribution in [0.3, 0.4) is 0 Å². The molecule has 2 unspecified atom stereocenters. The summed E-state index contributed by atoms with van der Waals surface area (Å²) in [4.78, 5) is 24.3. The third-order valence-corrected chi connectivity index (χ3v) is 3.50. The van der Waals surface area contributed by atoms with Gasteiger partial charge in [0.15, 0.2) is 0 Å². The van der Waals surface area contributed by atoms with E-state index in [1.807, 2.05) is 72.6 Å². The molecular weight excluding hydrogens is 280 g/mol. The van der Waals surface area contributed by atoms with Crippen LogP contribution in [-0.4, -0.2) is 30.6 Å². The minimum absolute atomic E-state index is 0.433. The Morgan fingerprint density at radius 2 is 1.64 bits per heavy atom. The smallest absolute Gasteiger partial charge is 0.405 e. The number of nitrogens with one attached hydrogen (secondary N) is 1. The molecule has 0 spiro atoms. The molecule has 2 atom stereocenters. The molecule has 5 nitrogen and oxygen atoms in total. The molecule has 1 amide bonds. The van der Waals surface area contributed by atoms with Gasteiger partial charge in [0.25, 0.3) is 0 Å². The number of nitrogens with zero attached hydrogens (tertiary/aromatic N) is 1. The number of rotatable bonds is 6. The number of para-hydroxylation sites is 1. The first kappa shape index (κ1) is 15.6. The molecule has 5 heteroatoms. The van der Waals surface area contributed by atoms with Crippen molar-refractivity contribution in [3.63, 3.8) is 0 Å². The Morgan fingerprint density at radius 3 is 2.14 bits per heavy atom. The van der Waals surface area contributed by atoms with Crippen molar-refractivity contribution >= 4 is 18.1 Å². The molecule has 0 aromatic heterocycles. The lowest BCUT2D eigenvalue weighted by Gasteiger charge is -2.34. The molecule has 0 aliphatic rings. The summed E-state index contributed by atoms with van der Waals surface area (Å²) in [6.45, 7) is 0. The second-order valence-electron chi connectivity index (χ2n) is 4.91. The first-order valence-electron chi connectivity index (χ1n) is 6.91. The van der Waals surface area contributed by atoms with Crippen LogP contribution in [0.2, 0.25) is 0 Å². The minimum Gasteiger partial charge on any atom is -0.465 e. The van der Waals surface area contributed by atoms with Gasteiger partial charge < -0.3 is 20.1 Å². The van der Waals surface area contributed by atoms with E-state index in [2.05, 4.69) is 5.32 Å². The van der Waals surface area contributed by atoms with Crippen LogP contribution in [0.5, 0.6) is 0 Å². The largest absolute Gasteiger partial charge is 0.465 e. The van der Waals surface area contributed by atoms with Crippen molar-refractivity contribution in [3.8, 4) is 0 Å². The van der Waals surface area contributed by atoms with Gasteiger partial charge in [0.2, 0.25) is 0 Å². The van der Waals surface area contributed by atoms with Gasteiger partial charge >= 0.3 is 6.09 Å². The van der Waals surface area contributed by atoms with Gasteiger partial charge in [-0.1, -0.05) is 48.5 Å². The fraction of sp³-hybridized carbons (Fsp3) is 0.176. The third kappa shape index (κ3) is 3.63. The van der Waals surface area contributed by atoms with Crippen molar-refractivity contribution in [2.75, 3.05) is 11.9 Å². The summed E-state index contributed by atoms with van der Waals surface area (Å²) in [6, 6.07) is 17.6. The van der Waals surface area contributed by atoms with Crippen LogP contribution in [0.1, 0.15) is 11.6 Å². The standard InChI is InChI=1S/C17H18N2O3/c1-19(14-10-6-3-7-11-14)16(13-8-4-2-5-9-13)15(12-20)18-17(21)22/h2-12,15-16,18H,1H3,(H,21,22). The summed E-state index contributed by atoms with van der Waals surface area (Å²) < 4.78 is 0. The number of hydrogen-bond acceptors (Lipinski definition) is 3. The zero-order valence-electron chi connectivity index (χ0n) is 12.2. The van der Waals surface area contributed by atoms with Crippen molar-refractivity contribution in [3.05, 3.63) is 66.2 Å². The monoisotopic (exact) mass is 298 g/mol. The second kappa shape index (κ2) is 7.26. The third-order valence-electron chi connectivity index (χ3n) is 3.50. The molecule has 0 heterocycles. The summed E-state index contributed by atoms with van der Waals surface area (Å²) in [7, 11) is 1.84. The van der Waals surface area contributed by atoms with Crippen molar-refractivity contribution in [1.29, 1.82) is 0 Å². The van der Waals surface area contributed by atoms with E-state index < -0.39 is 18.2 Å². The molecule has 2 rings (SSSR count).